The molecule has 2 heterocycles. The van der Waals surface area contributed by atoms with E-state index in [0.717, 1.165) is 6.42 Å². The molecule has 6 heteroatoms. The summed E-state index contributed by atoms with van der Waals surface area (Å²) in [6.45, 7) is 4.78. The Morgan fingerprint density at radius 2 is 2.17 bits per heavy atom. The molecule has 2 N–H and O–H groups in total. The van der Waals surface area contributed by atoms with Gasteiger partial charge in [0.2, 0.25) is 11.7 Å². The highest BCUT2D eigenvalue weighted by Crippen LogP contribution is 2.23. The molecular weight excluding hydrogens is 230 g/mol. The van der Waals surface area contributed by atoms with Gasteiger partial charge in [-0.1, -0.05) is 19.0 Å². The fourth-order valence-electron chi connectivity index (χ4n) is 1.79. The molecule has 1 atom stereocenters. The van der Waals surface area contributed by atoms with E-state index in [-0.39, 0.29) is 5.92 Å². The van der Waals surface area contributed by atoms with Gasteiger partial charge in [-0.25, -0.2) is 4.98 Å². The lowest BCUT2D eigenvalue weighted by Crippen LogP contribution is -2.15. The van der Waals surface area contributed by atoms with E-state index in [1.54, 1.807) is 18.6 Å². The monoisotopic (exact) mass is 247 g/mol. The molecule has 0 spiro atoms. The normalized spacial score (nSPS) is 12.9. The van der Waals surface area contributed by atoms with Crippen molar-refractivity contribution in [3.8, 4) is 11.5 Å². The van der Waals surface area contributed by atoms with Gasteiger partial charge in [-0.15, -0.1) is 0 Å². The second-order valence-corrected chi connectivity index (χ2v) is 4.61. The summed E-state index contributed by atoms with van der Waals surface area (Å²) >= 11 is 0. The summed E-state index contributed by atoms with van der Waals surface area (Å²) in [5.74, 6) is 1.67. The summed E-state index contributed by atoms with van der Waals surface area (Å²) in [5, 5.41) is 3.92. The Morgan fingerprint density at radius 1 is 1.33 bits per heavy atom. The first kappa shape index (κ1) is 12.6. The lowest BCUT2D eigenvalue weighted by molar-refractivity contribution is 0.334. The predicted molar refractivity (Wildman–Crippen MR) is 66.6 cm³/mol. The fraction of sp³-hybridized carbons (Fsp3) is 0.500. The Morgan fingerprint density at radius 3 is 2.78 bits per heavy atom. The van der Waals surface area contributed by atoms with Crippen molar-refractivity contribution in [2.75, 3.05) is 6.54 Å². The van der Waals surface area contributed by atoms with Gasteiger partial charge in [0.05, 0.1) is 12.1 Å². The van der Waals surface area contributed by atoms with Crippen LogP contribution in [0.4, 0.5) is 0 Å². The molecule has 18 heavy (non-hydrogen) atoms. The Kier molecular flexibility index (Phi) is 3.99. The minimum atomic E-state index is 0.0999. The molecule has 0 saturated heterocycles. The van der Waals surface area contributed by atoms with Gasteiger partial charge in [-0.2, -0.15) is 4.98 Å². The van der Waals surface area contributed by atoms with Crippen LogP contribution in [-0.2, 0) is 0 Å². The molecule has 0 amide bonds. The quantitative estimate of drug-likeness (QED) is 0.863. The molecule has 0 aromatic carbocycles. The maximum atomic E-state index is 5.75. The largest absolute Gasteiger partial charge is 0.339 e. The van der Waals surface area contributed by atoms with Crippen molar-refractivity contribution >= 4 is 0 Å². The Bertz CT molecular complexity index is 482. The minimum Gasteiger partial charge on any atom is -0.339 e. The number of hydrogen-bond donors (Lipinski definition) is 1. The topological polar surface area (TPSA) is 90.7 Å². The minimum absolute atomic E-state index is 0.0999. The summed E-state index contributed by atoms with van der Waals surface area (Å²) in [7, 11) is 0. The average molecular weight is 247 g/mol. The van der Waals surface area contributed by atoms with Crippen molar-refractivity contribution in [1.82, 2.24) is 20.1 Å². The highest BCUT2D eigenvalue weighted by molar-refractivity contribution is 5.45. The van der Waals surface area contributed by atoms with Gasteiger partial charge >= 0.3 is 0 Å². The van der Waals surface area contributed by atoms with Gasteiger partial charge in [0, 0.05) is 18.9 Å². The van der Waals surface area contributed by atoms with Gasteiger partial charge in [-0.3, -0.25) is 4.98 Å². The van der Waals surface area contributed by atoms with Gasteiger partial charge in [0.25, 0.3) is 0 Å². The fourth-order valence-corrected chi connectivity index (χ4v) is 1.79. The smallest absolute Gasteiger partial charge is 0.231 e. The van der Waals surface area contributed by atoms with E-state index in [0.29, 0.717) is 29.9 Å². The van der Waals surface area contributed by atoms with Crippen LogP contribution in [0.15, 0.2) is 23.1 Å². The maximum absolute atomic E-state index is 5.75. The van der Waals surface area contributed by atoms with Crippen LogP contribution in [-0.4, -0.2) is 26.7 Å². The second-order valence-electron chi connectivity index (χ2n) is 4.61. The zero-order valence-corrected chi connectivity index (χ0v) is 10.6. The van der Waals surface area contributed by atoms with Crippen molar-refractivity contribution in [2.24, 2.45) is 11.7 Å². The van der Waals surface area contributed by atoms with E-state index in [2.05, 4.69) is 34.0 Å². The number of rotatable bonds is 5. The summed E-state index contributed by atoms with van der Waals surface area (Å²) < 4.78 is 5.26. The van der Waals surface area contributed by atoms with Gasteiger partial charge in [0.15, 0.2) is 0 Å². The molecule has 2 aromatic rings. The molecule has 0 radical (unpaired) electrons. The molecule has 0 aliphatic rings. The lowest BCUT2D eigenvalue weighted by atomic mass is 9.97. The Balaban J connectivity index is 2.19. The lowest BCUT2D eigenvalue weighted by Gasteiger charge is -2.11. The molecule has 0 fully saturated rings. The molecule has 2 aromatic heterocycles. The third-order valence-electron chi connectivity index (χ3n) is 2.62. The van der Waals surface area contributed by atoms with Crippen LogP contribution in [0.5, 0.6) is 0 Å². The molecule has 0 aliphatic carbocycles. The van der Waals surface area contributed by atoms with Crippen molar-refractivity contribution < 1.29 is 4.52 Å². The number of hydrogen-bond acceptors (Lipinski definition) is 6. The zero-order chi connectivity index (χ0) is 13.0. The van der Waals surface area contributed by atoms with E-state index in [9.17, 15) is 0 Å². The molecule has 2 rings (SSSR count). The molecular formula is C12H17N5O. The molecule has 96 valence electrons. The van der Waals surface area contributed by atoms with E-state index >= 15 is 0 Å². The summed E-state index contributed by atoms with van der Waals surface area (Å²) in [5.41, 5.74) is 6.35. The van der Waals surface area contributed by atoms with Gasteiger partial charge in [-0.05, 0) is 12.3 Å². The SMILES string of the molecule is CC(C)CC(CN)c1nc(-c2cnccn2)no1. The van der Waals surface area contributed by atoms with E-state index in [4.69, 9.17) is 10.3 Å². The standard InChI is InChI=1S/C12H17N5O/c1-8(2)5-9(6-13)12-16-11(17-18-12)10-7-14-3-4-15-10/h3-4,7-9H,5-6,13H2,1-2H3. The first-order valence-corrected chi connectivity index (χ1v) is 6.00. The van der Waals surface area contributed by atoms with Crippen LogP contribution < -0.4 is 5.73 Å². The Labute approximate surface area is 106 Å². The highest BCUT2D eigenvalue weighted by atomic mass is 16.5. The Hall–Kier alpha value is -1.82. The number of aromatic nitrogens is 4. The maximum Gasteiger partial charge on any atom is 0.231 e. The van der Waals surface area contributed by atoms with Crippen LogP contribution >= 0.6 is 0 Å². The zero-order valence-electron chi connectivity index (χ0n) is 10.6. The van der Waals surface area contributed by atoms with E-state index < -0.39 is 0 Å². The number of nitrogens with zero attached hydrogens (tertiary/aromatic N) is 4. The third kappa shape index (κ3) is 2.89. The van der Waals surface area contributed by atoms with Crippen LogP contribution in [0.3, 0.4) is 0 Å². The second kappa shape index (κ2) is 5.68. The first-order valence-electron chi connectivity index (χ1n) is 6.00. The summed E-state index contributed by atoms with van der Waals surface area (Å²) in [4.78, 5) is 12.4. The van der Waals surface area contributed by atoms with Crippen molar-refractivity contribution in [2.45, 2.75) is 26.2 Å². The van der Waals surface area contributed by atoms with Gasteiger partial charge < -0.3 is 10.3 Å². The molecule has 0 bridgehead atoms. The van der Waals surface area contributed by atoms with Gasteiger partial charge in [0.1, 0.15) is 5.69 Å². The van der Waals surface area contributed by atoms with E-state index in [1.165, 1.54) is 0 Å². The molecule has 1 unspecified atom stereocenters. The van der Waals surface area contributed by atoms with Crippen LogP contribution in [0.1, 0.15) is 32.1 Å². The first-order chi connectivity index (χ1) is 8.70. The molecule has 0 aliphatic heterocycles. The highest BCUT2D eigenvalue weighted by Gasteiger charge is 2.19. The number of nitrogens with two attached hydrogens (primary N) is 1. The van der Waals surface area contributed by atoms with Crippen LogP contribution in [0.25, 0.3) is 11.5 Å². The predicted octanol–water partition coefficient (Wildman–Crippen LogP) is 1.61. The summed E-state index contributed by atoms with van der Waals surface area (Å²) in [6, 6.07) is 0. The molecule has 6 nitrogen and oxygen atoms in total. The van der Waals surface area contributed by atoms with Crippen molar-refractivity contribution in [3.63, 3.8) is 0 Å². The summed E-state index contributed by atoms with van der Waals surface area (Å²) in [6.07, 6.45) is 5.74. The van der Waals surface area contributed by atoms with Crippen LogP contribution in [0, 0.1) is 5.92 Å². The van der Waals surface area contributed by atoms with Crippen LogP contribution in [0.2, 0.25) is 0 Å². The third-order valence-corrected chi connectivity index (χ3v) is 2.62. The average Bonchev–Trinajstić information content (AvgIpc) is 2.86. The molecule has 0 saturated carbocycles. The van der Waals surface area contributed by atoms with Crippen molar-refractivity contribution in [1.29, 1.82) is 0 Å². The van der Waals surface area contributed by atoms with Crippen molar-refractivity contribution in [3.05, 3.63) is 24.5 Å². The van der Waals surface area contributed by atoms with E-state index in [1.807, 2.05) is 0 Å².